The smallest absolute Gasteiger partial charge is 0.327 e. The standard InChI is InChI=1S/C12H21NO4S/c1-5-10-13(8(7-18-10)11(15)16)9(14)6-17-12(2,3)4/h8,10H,5-7H2,1-4H3,(H,15,16). The van der Waals surface area contributed by atoms with Gasteiger partial charge in [-0.25, -0.2) is 4.79 Å². The Hall–Kier alpha value is -0.750. The summed E-state index contributed by atoms with van der Waals surface area (Å²) in [4.78, 5) is 24.7. The predicted molar refractivity (Wildman–Crippen MR) is 70.5 cm³/mol. The van der Waals surface area contributed by atoms with Crippen molar-refractivity contribution in [3.63, 3.8) is 0 Å². The molecule has 0 aliphatic carbocycles. The second-order valence-corrected chi connectivity index (χ2v) is 6.46. The van der Waals surface area contributed by atoms with E-state index in [1.165, 1.54) is 16.7 Å². The van der Waals surface area contributed by atoms with Crippen LogP contribution in [0.25, 0.3) is 0 Å². The van der Waals surface area contributed by atoms with Gasteiger partial charge in [0.2, 0.25) is 5.91 Å². The van der Waals surface area contributed by atoms with Crippen molar-refractivity contribution in [1.29, 1.82) is 0 Å². The molecule has 104 valence electrons. The van der Waals surface area contributed by atoms with E-state index in [0.29, 0.717) is 5.75 Å². The second kappa shape index (κ2) is 5.93. The number of amides is 1. The zero-order valence-corrected chi connectivity index (χ0v) is 12.1. The summed E-state index contributed by atoms with van der Waals surface area (Å²) in [7, 11) is 0. The van der Waals surface area contributed by atoms with Crippen molar-refractivity contribution in [2.75, 3.05) is 12.4 Å². The fourth-order valence-electron chi connectivity index (χ4n) is 1.76. The highest BCUT2D eigenvalue weighted by Crippen LogP contribution is 2.31. The first-order valence-corrected chi connectivity index (χ1v) is 7.10. The van der Waals surface area contributed by atoms with Gasteiger partial charge in [-0.05, 0) is 27.2 Å². The molecular formula is C12H21NO4S. The summed E-state index contributed by atoms with van der Waals surface area (Å²) in [6.07, 6.45) is 0.746. The number of aliphatic carboxylic acids is 1. The van der Waals surface area contributed by atoms with Crippen LogP contribution in [0.3, 0.4) is 0 Å². The van der Waals surface area contributed by atoms with Gasteiger partial charge in [0.25, 0.3) is 0 Å². The molecule has 0 saturated carbocycles. The van der Waals surface area contributed by atoms with E-state index in [1.807, 2.05) is 27.7 Å². The summed E-state index contributed by atoms with van der Waals surface area (Å²) in [6.45, 7) is 7.48. The lowest BCUT2D eigenvalue weighted by atomic mass is 10.2. The average molecular weight is 275 g/mol. The lowest BCUT2D eigenvalue weighted by Crippen LogP contribution is -2.47. The van der Waals surface area contributed by atoms with Gasteiger partial charge in [-0.15, -0.1) is 11.8 Å². The Morgan fingerprint density at radius 2 is 2.06 bits per heavy atom. The first kappa shape index (κ1) is 15.3. The van der Waals surface area contributed by atoms with Gasteiger partial charge < -0.3 is 14.7 Å². The number of ether oxygens (including phenoxy) is 1. The van der Waals surface area contributed by atoms with E-state index >= 15 is 0 Å². The number of carboxylic acids is 1. The van der Waals surface area contributed by atoms with Gasteiger partial charge >= 0.3 is 5.97 Å². The van der Waals surface area contributed by atoms with E-state index in [2.05, 4.69) is 0 Å². The summed E-state index contributed by atoms with van der Waals surface area (Å²) in [5.41, 5.74) is -0.400. The summed E-state index contributed by atoms with van der Waals surface area (Å²) in [6, 6.07) is -0.726. The van der Waals surface area contributed by atoms with E-state index in [1.54, 1.807) is 0 Å². The zero-order chi connectivity index (χ0) is 13.9. The van der Waals surface area contributed by atoms with Crippen molar-refractivity contribution >= 4 is 23.6 Å². The van der Waals surface area contributed by atoms with Crippen LogP contribution < -0.4 is 0 Å². The highest BCUT2D eigenvalue weighted by molar-refractivity contribution is 8.00. The number of nitrogens with zero attached hydrogens (tertiary/aromatic N) is 1. The maximum atomic E-state index is 12.1. The van der Waals surface area contributed by atoms with Crippen LogP contribution in [0.4, 0.5) is 0 Å². The topological polar surface area (TPSA) is 66.8 Å². The number of rotatable bonds is 4. The summed E-state index contributed by atoms with van der Waals surface area (Å²) >= 11 is 1.52. The monoisotopic (exact) mass is 275 g/mol. The Kier molecular flexibility index (Phi) is 5.04. The van der Waals surface area contributed by atoms with Crippen molar-refractivity contribution in [2.45, 2.75) is 51.1 Å². The number of carbonyl (C=O) groups is 2. The molecule has 1 heterocycles. The second-order valence-electron chi connectivity index (χ2n) is 5.25. The minimum atomic E-state index is -0.942. The number of carboxylic acid groups (broad SMARTS) is 1. The molecule has 1 fully saturated rings. The Morgan fingerprint density at radius 1 is 1.44 bits per heavy atom. The van der Waals surface area contributed by atoms with Crippen LogP contribution in [0.2, 0.25) is 0 Å². The van der Waals surface area contributed by atoms with E-state index in [4.69, 9.17) is 9.84 Å². The molecule has 1 N–H and O–H groups in total. The van der Waals surface area contributed by atoms with Gasteiger partial charge in [0, 0.05) is 5.75 Å². The molecule has 18 heavy (non-hydrogen) atoms. The van der Waals surface area contributed by atoms with Gasteiger partial charge in [-0.1, -0.05) is 6.92 Å². The molecule has 1 saturated heterocycles. The predicted octanol–water partition coefficient (Wildman–Crippen LogP) is 1.57. The molecule has 1 aliphatic rings. The van der Waals surface area contributed by atoms with Crippen LogP contribution in [0.15, 0.2) is 0 Å². The van der Waals surface area contributed by atoms with Crippen LogP contribution in [0.5, 0.6) is 0 Å². The molecule has 1 aliphatic heterocycles. The van der Waals surface area contributed by atoms with Crippen LogP contribution in [-0.4, -0.2) is 51.3 Å². The highest BCUT2D eigenvalue weighted by Gasteiger charge is 2.40. The molecule has 0 bridgehead atoms. The lowest BCUT2D eigenvalue weighted by molar-refractivity contribution is -0.153. The summed E-state index contributed by atoms with van der Waals surface area (Å²) in [5, 5.41) is 9.07. The van der Waals surface area contributed by atoms with E-state index in [9.17, 15) is 9.59 Å². The Bertz CT molecular complexity index is 327. The van der Waals surface area contributed by atoms with Gasteiger partial charge in [0.15, 0.2) is 0 Å². The van der Waals surface area contributed by atoms with Crippen molar-refractivity contribution in [3.05, 3.63) is 0 Å². The molecule has 2 atom stereocenters. The molecule has 0 radical (unpaired) electrons. The molecule has 1 amide bonds. The maximum absolute atomic E-state index is 12.1. The molecule has 0 spiro atoms. The number of hydrogen-bond donors (Lipinski definition) is 1. The SMILES string of the molecule is CCC1SCC(C(=O)O)N1C(=O)COC(C)(C)C. The molecule has 5 nitrogen and oxygen atoms in total. The van der Waals surface area contributed by atoms with E-state index in [0.717, 1.165) is 6.42 Å². The lowest BCUT2D eigenvalue weighted by Gasteiger charge is -2.28. The van der Waals surface area contributed by atoms with Crippen LogP contribution in [-0.2, 0) is 14.3 Å². The number of carbonyl (C=O) groups excluding carboxylic acids is 1. The van der Waals surface area contributed by atoms with Crippen molar-refractivity contribution < 1.29 is 19.4 Å². The Morgan fingerprint density at radius 3 is 2.50 bits per heavy atom. The third-order valence-electron chi connectivity index (χ3n) is 2.64. The normalized spacial score (nSPS) is 24.3. The third-order valence-corrected chi connectivity index (χ3v) is 4.10. The quantitative estimate of drug-likeness (QED) is 0.843. The molecule has 2 unspecified atom stereocenters. The van der Waals surface area contributed by atoms with Gasteiger partial charge in [0.05, 0.1) is 11.0 Å². The fourth-order valence-corrected chi connectivity index (χ4v) is 3.12. The minimum Gasteiger partial charge on any atom is -0.480 e. The average Bonchev–Trinajstić information content (AvgIpc) is 2.68. The van der Waals surface area contributed by atoms with Crippen molar-refractivity contribution in [2.24, 2.45) is 0 Å². The third kappa shape index (κ3) is 3.88. The minimum absolute atomic E-state index is 0.0535. The number of hydrogen-bond acceptors (Lipinski definition) is 4. The van der Waals surface area contributed by atoms with Crippen molar-refractivity contribution in [1.82, 2.24) is 4.90 Å². The molecule has 6 heteroatoms. The Labute approximate surface area is 112 Å². The molecular weight excluding hydrogens is 254 g/mol. The Balaban J connectivity index is 2.69. The van der Waals surface area contributed by atoms with Gasteiger partial charge in [0.1, 0.15) is 12.6 Å². The fraction of sp³-hybridized carbons (Fsp3) is 0.833. The summed E-state index contributed by atoms with van der Waals surface area (Å²) < 4.78 is 5.43. The van der Waals surface area contributed by atoms with E-state index in [-0.39, 0.29) is 17.9 Å². The maximum Gasteiger partial charge on any atom is 0.327 e. The van der Waals surface area contributed by atoms with Crippen LogP contribution in [0, 0.1) is 0 Å². The van der Waals surface area contributed by atoms with Crippen LogP contribution >= 0.6 is 11.8 Å². The van der Waals surface area contributed by atoms with Crippen LogP contribution in [0.1, 0.15) is 34.1 Å². The first-order valence-electron chi connectivity index (χ1n) is 6.05. The van der Waals surface area contributed by atoms with Gasteiger partial charge in [-0.3, -0.25) is 4.79 Å². The molecule has 0 aromatic heterocycles. The zero-order valence-electron chi connectivity index (χ0n) is 11.3. The van der Waals surface area contributed by atoms with Crippen molar-refractivity contribution in [3.8, 4) is 0 Å². The highest BCUT2D eigenvalue weighted by atomic mass is 32.2. The van der Waals surface area contributed by atoms with E-state index < -0.39 is 17.6 Å². The molecule has 0 aromatic rings. The first-order chi connectivity index (χ1) is 8.26. The van der Waals surface area contributed by atoms with Gasteiger partial charge in [-0.2, -0.15) is 0 Å². The molecule has 0 aromatic carbocycles. The molecule has 1 rings (SSSR count). The largest absolute Gasteiger partial charge is 0.480 e. The number of thioether (sulfide) groups is 1. The summed E-state index contributed by atoms with van der Waals surface area (Å²) in [5.74, 6) is -0.730.